The van der Waals surface area contributed by atoms with Crippen molar-refractivity contribution in [1.82, 2.24) is 4.98 Å². The molecule has 3 atom stereocenters. The molecule has 19 heavy (non-hydrogen) atoms. The van der Waals surface area contributed by atoms with Gasteiger partial charge in [0.2, 0.25) is 6.29 Å². The number of ether oxygens (including phenoxy) is 2. The van der Waals surface area contributed by atoms with Crippen LogP contribution in [-0.2, 0) is 14.3 Å². The summed E-state index contributed by atoms with van der Waals surface area (Å²) in [4.78, 5) is 16.3. The van der Waals surface area contributed by atoms with Crippen LogP contribution in [0.3, 0.4) is 0 Å². The monoisotopic (exact) mass is 293 g/mol. The van der Waals surface area contributed by atoms with Crippen molar-refractivity contribution in [3.8, 4) is 0 Å². The van der Waals surface area contributed by atoms with E-state index in [9.17, 15) is 4.79 Å². The molecule has 1 aromatic carbocycles. The number of thioether (sulfide) groups is 1. The van der Waals surface area contributed by atoms with Gasteiger partial charge in [0.05, 0.1) is 22.9 Å². The van der Waals surface area contributed by atoms with Crippen molar-refractivity contribution in [1.29, 1.82) is 0 Å². The van der Waals surface area contributed by atoms with Crippen LogP contribution in [-0.4, -0.2) is 35.0 Å². The van der Waals surface area contributed by atoms with Gasteiger partial charge in [-0.1, -0.05) is 23.9 Å². The zero-order valence-corrected chi connectivity index (χ0v) is 11.6. The lowest BCUT2D eigenvalue weighted by Crippen LogP contribution is -2.37. The third kappa shape index (κ3) is 2.08. The Labute approximate surface area is 118 Å². The summed E-state index contributed by atoms with van der Waals surface area (Å²) >= 11 is 3.30. The highest BCUT2D eigenvalue weighted by molar-refractivity contribution is 8.01. The molecule has 0 spiro atoms. The SMILES string of the molecule is O=C1CC(Sc2nc3ccccc3s2)C2COC1O2. The zero-order chi connectivity index (χ0) is 12.8. The van der Waals surface area contributed by atoms with Crippen molar-refractivity contribution in [3.63, 3.8) is 0 Å². The molecule has 0 N–H and O–H groups in total. The molecular weight excluding hydrogens is 282 g/mol. The second-order valence-electron chi connectivity index (χ2n) is 4.61. The van der Waals surface area contributed by atoms with Gasteiger partial charge in [0, 0.05) is 11.7 Å². The molecule has 0 saturated carbocycles. The first-order valence-corrected chi connectivity index (χ1v) is 7.81. The van der Waals surface area contributed by atoms with Gasteiger partial charge in [0.1, 0.15) is 0 Å². The first kappa shape index (κ1) is 11.8. The summed E-state index contributed by atoms with van der Waals surface area (Å²) < 4.78 is 13.0. The summed E-state index contributed by atoms with van der Waals surface area (Å²) in [5.74, 6) is 0.0485. The summed E-state index contributed by atoms with van der Waals surface area (Å²) in [7, 11) is 0. The van der Waals surface area contributed by atoms with Crippen LogP contribution in [0.25, 0.3) is 10.2 Å². The van der Waals surface area contributed by atoms with E-state index < -0.39 is 6.29 Å². The van der Waals surface area contributed by atoms with Crippen molar-refractivity contribution >= 4 is 39.1 Å². The summed E-state index contributed by atoms with van der Waals surface area (Å²) in [6, 6.07) is 8.07. The number of hydrogen-bond donors (Lipinski definition) is 0. The van der Waals surface area contributed by atoms with E-state index in [1.807, 2.05) is 18.2 Å². The van der Waals surface area contributed by atoms with Gasteiger partial charge in [-0.2, -0.15) is 0 Å². The van der Waals surface area contributed by atoms with Gasteiger partial charge in [-0.05, 0) is 12.1 Å². The van der Waals surface area contributed by atoms with Crippen LogP contribution in [0.4, 0.5) is 0 Å². The van der Waals surface area contributed by atoms with E-state index in [0.717, 1.165) is 9.86 Å². The number of nitrogens with zero attached hydrogens (tertiary/aromatic N) is 1. The molecule has 3 unspecified atom stereocenters. The molecule has 3 heterocycles. The average molecular weight is 293 g/mol. The van der Waals surface area contributed by atoms with E-state index in [2.05, 4.69) is 11.1 Å². The molecule has 2 saturated heterocycles. The number of carbonyl (C=O) groups is 1. The number of rotatable bonds is 2. The number of para-hydroxylation sites is 1. The second kappa shape index (κ2) is 4.56. The summed E-state index contributed by atoms with van der Waals surface area (Å²) in [6.45, 7) is 0.513. The molecule has 2 aliphatic rings. The highest BCUT2D eigenvalue weighted by Crippen LogP contribution is 2.39. The molecule has 2 bridgehead atoms. The fraction of sp³-hybridized carbons (Fsp3) is 0.385. The number of benzene rings is 1. The molecule has 2 aliphatic heterocycles. The lowest BCUT2D eigenvalue weighted by atomic mass is 10.1. The molecule has 98 valence electrons. The van der Waals surface area contributed by atoms with Crippen LogP contribution in [0.15, 0.2) is 28.6 Å². The van der Waals surface area contributed by atoms with E-state index in [-0.39, 0.29) is 17.1 Å². The van der Waals surface area contributed by atoms with Gasteiger partial charge in [-0.15, -0.1) is 11.3 Å². The molecule has 2 fully saturated rings. The minimum absolute atomic E-state index is 0.0136. The van der Waals surface area contributed by atoms with Crippen LogP contribution in [0, 0.1) is 0 Å². The zero-order valence-electron chi connectivity index (χ0n) is 9.94. The number of hydrogen-bond acceptors (Lipinski definition) is 6. The Balaban J connectivity index is 1.58. The van der Waals surface area contributed by atoms with Gasteiger partial charge < -0.3 is 9.47 Å². The van der Waals surface area contributed by atoms with Crippen molar-refractivity contribution in [2.75, 3.05) is 6.61 Å². The number of Topliss-reactive ketones (excluding diaryl/α,β-unsaturated/α-hetero) is 1. The molecular formula is C13H11NO3S2. The number of carbonyl (C=O) groups excluding carboxylic acids is 1. The van der Waals surface area contributed by atoms with E-state index >= 15 is 0 Å². The van der Waals surface area contributed by atoms with E-state index in [4.69, 9.17) is 9.47 Å². The van der Waals surface area contributed by atoms with Gasteiger partial charge in [-0.25, -0.2) is 4.98 Å². The lowest BCUT2D eigenvalue weighted by Gasteiger charge is -2.24. The highest BCUT2D eigenvalue weighted by Gasteiger charge is 2.43. The topological polar surface area (TPSA) is 48.4 Å². The first-order valence-electron chi connectivity index (χ1n) is 6.11. The predicted octanol–water partition coefficient (Wildman–Crippen LogP) is 2.47. The van der Waals surface area contributed by atoms with E-state index in [0.29, 0.717) is 13.0 Å². The fourth-order valence-electron chi connectivity index (χ4n) is 2.36. The molecule has 0 radical (unpaired) electrons. The van der Waals surface area contributed by atoms with Crippen molar-refractivity contribution in [2.45, 2.75) is 28.4 Å². The second-order valence-corrected chi connectivity index (χ2v) is 7.13. The Hall–Kier alpha value is -0.950. The molecule has 1 aromatic heterocycles. The van der Waals surface area contributed by atoms with Crippen LogP contribution in [0.1, 0.15) is 6.42 Å². The molecule has 4 nitrogen and oxygen atoms in total. The molecule has 2 aromatic rings. The quantitative estimate of drug-likeness (QED) is 0.851. The summed E-state index contributed by atoms with van der Waals surface area (Å²) in [5.41, 5.74) is 1.01. The first-order chi connectivity index (χ1) is 9.29. The third-order valence-corrected chi connectivity index (χ3v) is 5.75. The largest absolute Gasteiger partial charge is 0.343 e. The number of thiazole rings is 1. The minimum Gasteiger partial charge on any atom is -0.343 e. The standard InChI is InChI=1S/C13H11NO3S2/c15-8-5-11(9-6-16-12(8)17-9)19-13-14-7-3-1-2-4-10(7)18-13/h1-4,9,11-12H,5-6H2. The summed E-state index contributed by atoms with van der Waals surface area (Å²) in [5, 5.41) is 0.117. The molecule has 0 aliphatic carbocycles. The van der Waals surface area contributed by atoms with Crippen molar-refractivity contribution < 1.29 is 14.3 Å². The van der Waals surface area contributed by atoms with Gasteiger partial charge >= 0.3 is 0 Å². The molecule has 4 rings (SSSR count). The highest BCUT2D eigenvalue weighted by atomic mass is 32.2. The number of fused-ring (bicyclic) bond motifs is 3. The van der Waals surface area contributed by atoms with Crippen LogP contribution >= 0.6 is 23.1 Å². The van der Waals surface area contributed by atoms with Gasteiger partial charge in [0.25, 0.3) is 0 Å². The van der Waals surface area contributed by atoms with Gasteiger partial charge in [0.15, 0.2) is 10.1 Å². The number of ketones is 1. The number of aromatic nitrogens is 1. The van der Waals surface area contributed by atoms with E-state index in [1.54, 1.807) is 23.1 Å². The van der Waals surface area contributed by atoms with Gasteiger partial charge in [-0.3, -0.25) is 4.79 Å². The average Bonchev–Trinajstić information content (AvgIpc) is 3.00. The maximum Gasteiger partial charge on any atom is 0.218 e. The Morgan fingerprint density at radius 1 is 1.37 bits per heavy atom. The van der Waals surface area contributed by atoms with Crippen LogP contribution in [0.2, 0.25) is 0 Å². The van der Waals surface area contributed by atoms with Crippen molar-refractivity contribution in [2.24, 2.45) is 0 Å². The molecule has 6 heteroatoms. The smallest absolute Gasteiger partial charge is 0.218 e. The Kier molecular flexibility index (Phi) is 2.84. The predicted molar refractivity (Wildman–Crippen MR) is 73.5 cm³/mol. The van der Waals surface area contributed by atoms with E-state index in [1.165, 1.54) is 4.70 Å². The Morgan fingerprint density at radius 2 is 2.26 bits per heavy atom. The third-order valence-electron chi connectivity index (χ3n) is 3.32. The normalized spacial score (nSPS) is 30.1. The van der Waals surface area contributed by atoms with Crippen LogP contribution < -0.4 is 0 Å². The maximum absolute atomic E-state index is 11.7. The Bertz CT molecular complexity index is 609. The molecule has 0 amide bonds. The van der Waals surface area contributed by atoms with Crippen LogP contribution in [0.5, 0.6) is 0 Å². The fourth-order valence-corrected chi connectivity index (χ4v) is 4.84. The minimum atomic E-state index is -0.614. The van der Waals surface area contributed by atoms with Crippen molar-refractivity contribution in [3.05, 3.63) is 24.3 Å². The summed E-state index contributed by atoms with van der Waals surface area (Å²) in [6.07, 6.45) is -0.0902. The lowest BCUT2D eigenvalue weighted by molar-refractivity contribution is -0.151. The maximum atomic E-state index is 11.7. The Morgan fingerprint density at radius 3 is 3.16 bits per heavy atom.